The fraction of sp³-hybridized carbons (Fsp3) is 0.0588. The summed E-state index contributed by atoms with van der Waals surface area (Å²) in [7, 11) is 0. The van der Waals surface area contributed by atoms with Crippen LogP contribution in [0.25, 0.3) is 5.70 Å². The van der Waals surface area contributed by atoms with E-state index < -0.39 is 0 Å². The number of para-hydroxylation sites is 1. The second-order valence-electron chi connectivity index (χ2n) is 9.37. The van der Waals surface area contributed by atoms with Crippen LogP contribution in [-0.2, 0) is 0 Å². The molecule has 0 aromatic heterocycles. The summed E-state index contributed by atoms with van der Waals surface area (Å²) in [6.45, 7) is 4.27. The quantitative estimate of drug-likeness (QED) is 0.236. The molecule has 2 N–H and O–H groups in total. The SMILES string of the molecule is C=C(/N=C(\N=C(/N)c1ccccc1)c1ccccc1)c1ccc(N2c3ccccc3C3C=CC=CC32)cc1. The Labute approximate surface area is 223 Å². The lowest BCUT2D eigenvalue weighted by molar-refractivity contribution is 0.745. The van der Waals surface area contributed by atoms with E-state index in [4.69, 9.17) is 15.7 Å². The van der Waals surface area contributed by atoms with E-state index in [1.165, 1.54) is 11.3 Å². The number of aliphatic imine (C=N–C) groups is 2. The van der Waals surface area contributed by atoms with Crippen molar-refractivity contribution in [2.45, 2.75) is 12.0 Å². The first-order valence-corrected chi connectivity index (χ1v) is 12.8. The highest BCUT2D eigenvalue weighted by Gasteiger charge is 2.36. The third-order valence-electron chi connectivity index (χ3n) is 7.01. The second kappa shape index (κ2) is 10.2. The number of hydrogen-bond donors (Lipinski definition) is 1. The van der Waals surface area contributed by atoms with E-state index in [2.05, 4.69) is 84.3 Å². The van der Waals surface area contributed by atoms with Gasteiger partial charge in [0.1, 0.15) is 5.84 Å². The number of rotatable bonds is 5. The Balaban J connectivity index is 1.32. The van der Waals surface area contributed by atoms with Crippen molar-refractivity contribution in [3.63, 3.8) is 0 Å². The van der Waals surface area contributed by atoms with Crippen molar-refractivity contribution >= 4 is 28.7 Å². The summed E-state index contributed by atoms with van der Waals surface area (Å²) in [5.74, 6) is 1.29. The van der Waals surface area contributed by atoms with E-state index in [1.807, 2.05) is 60.7 Å². The van der Waals surface area contributed by atoms with Gasteiger partial charge in [0.25, 0.3) is 0 Å². The van der Waals surface area contributed by atoms with Gasteiger partial charge in [-0.25, -0.2) is 9.98 Å². The highest BCUT2D eigenvalue weighted by atomic mass is 15.2. The second-order valence-corrected chi connectivity index (χ2v) is 9.37. The van der Waals surface area contributed by atoms with E-state index in [0.717, 1.165) is 22.4 Å². The Morgan fingerprint density at radius 2 is 1.29 bits per heavy atom. The van der Waals surface area contributed by atoms with Crippen LogP contribution in [0, 0.1) is 0 Å². The molecule has 4 aromatic carbocycles. The van der Waals surface area contributed by atoms with Gasteiger partial charge in [-0.05, 0) is 29.3 Å². The minimum atomic E-state index is 0.268. The summed E-state index contributed by atoms with van der Waals surface area (Å²) >= 11 is 0. The molecule has 4 heteroatoms. The van der Waals surface area contributed by atoms with Crippen LogP contribution >= 0.6 is 0 Å². The molecule has 4 nitrogen and oxygen atoms in total. The van der Waals surface area contributed by atoms with Crippen molar-refractivity contribution in [3.05, 3.63) is 162 Å². The highest BCUT2D eigenvalue weighted by Crippen LogP contribution is 2.47. The van der Waals surface area contributed by atoms with Crippen LogP contribution < -0.4 is 10.6 Å². The number of nitrogens with two attached hydrogens (primary N) is 1. The van der Waals surface area contributed by atoms with Gasteiger partial charge in [-0.3, -0.25) is 0 Å². The van der Waals surface area contributed by atoms with Gasteiger partial charge >= 0.3 is 0 Å². The van der Waals surface area contributed by atoms with Crippen LogP contribution in [0.3, 0.4) is 0 Å². The Kier molecular flexibility index (Phi) is 6.29. The molecule has 6 rings (SSSR count). The third-order valence-corrected chi connectivity index (χ3v) is 7.01. The maximum atomic E-state index is 6.35. The first kappa shape index (κ1) is 23.4. The van der Waals surface area contributed by atoms with Crippen LogP contribution in [0.4, 0.5) is 11.4 Å². The molecule has 1 heterocycles. The molecule has 0 spiro atoms. The molecular formula is C34H28N4. The van der Waals surface area contributed by atoms with Crippen molar-refractivity contribution in [3.8, 4) is 0 Å². The van der Waals surface area contributed by atoms with Crippen molar-refractivity contribution < 1.29 is 0 Å². The molecule has 0 saturated carbocycles. The molecule has 4 aromatic rings. The van der Waals surface area contributed by atoms with E-state index in [0.29, 0.717) is 23.3 Å². The number of amidine groups is 2. The number of nitrogens with zero attached hydrogens (tertiary/aromatic N) is 3. The number of fused-ring (bicyclic) bond motifs is 3. The molecule has 1 aliphatic carbocycles. The predicted octanol–water partition coefficient (Wildman–Crippen LogP) is 7.24. The summed E-state index contributed by atoms with van der Waals surface area (Å²) in [5, 5.41) is 0. The van der Waals surface area contributed by atoms with Gasteiger partial charge in [0, 0.05) is 28.4 Å². The van der Waals surface area contributed by atoms with Crippen molar-refractivity contribution in [1.82, 2.24) is 0 Å². The number of allylic oxidation sites excluding steroid dienone is 2. The van der Waals surface area contributed by atoms with Crippen LogP contribution in [0.15, 0.2) is 150 Å². The van der Waals surface area contributed by atoms with E-state index >= 15 is 0 Å². The predicted molar refractivity (Wildman–Crippen MR) is 159 cm³/mol. The average Bonchev–Trinajstić information content (AvgIpc) is 3.32. The highest BCUT2D eigenvalue weighted by molar-refractivity contribution is 6.12. The maximum absolute atomic E-state index is 6.35. The van der Waals surface area contributed by atoms with Gasteiger partial charge in [-0.2, -0.15) is 0 Å². The van der Waals surface area contributed by atoms with E-state index in [1.54, 1.807) is 0 Å². The molecular weight excluding hydrogens is 464 g/mol. The lowest BCUT2D eigenvalue weighted by atomic mass is 9.91. The molecule has 0 radical (unpaired) electrons. The number of hydrogen-bond acceptors (Lipinski definition) is 2. The standard InChI is InChI=1S/C34H28N4/c1-24(36-34(27-14-6-3-7-15-27)37-33(35)26-12-4-2-5-13-26)25-20-22-28(23-21-25)38-31-18-10-8-16-29(31)30-17-9-11-19-32(30)38/h2-23,29,31H,1H2,(H2,35,36,37). The Bertz CT molecular complexity index is 1580. The van der Waals surface area contributed by atoms with Crippen LogP contribution in [0.5, 0.6) is 0 Å². The monoisotopic (exact) mass is 492 g/mol. The lowest BCUT2D eigenvalue weighted by Crippen LogP contribution is -2.28. The molecule has 0 fully saturated rings. The topological polar surface area (TPSA) is 54.0 Å². The fourth-order valence-electron chi connectivity index (χ4n) is 5.13. The van der Waals surface area contributed by atoms with Crippen LogP contribution in [-0.4, -0.2) is 17.7 Å². The summed E-state index contributed by atoms with van der Waals surface area (Å²) < 4.78 is 0. The van der Waals surface area contributed by atoms with Crippen molar-refractivity contribution in [2.75, 3.05) is 4.90 Å². The smallest absolute Gasteiger partial charge is 0.162 e. The van der Waals surface area contributed by atoms with Gasteiger partial charge in [0.2, 0.25) is 0 Å². The molecule has 2 atom stereocenters. The molecule has 38 heavy (non-hydrogen) atoms. The lowest BCUT2D eigenvalue weighted by Gasteiger charge is -2.28. The fourth-order valence-corrected chi connectivity index (χ4v) is 5.13. The summed E-state index contributed by atoms with van der Waals surface area (Å²) in [5.41, 5.74) is 13.4. The van der Waals surface area contributed by atoms with Gasteiger partial charge in [0.05, 0.1) is 11.7 Å². The average molecular weight is 493 g/mol. The Hall–Kier alpha value is -4.96. The molecule has 0 bridgehead atoms. The zero-order chi connectivity index (χ0) is 25.9. The van der Waals surface area contributed by atoms with E-state index in [-0.39, 0.29) is 6.04 Å². The Morgan fingerprint density at radius 1 is 0.658 bits per heavy atom. The van der Waals surface area contributed by atoms with Crippen molar-refractivity contribution in [1.29, 1.82) is 0 Å². The molecule has 0 amide bonds. The van der Waals surface area contributed by atoms with E-state index in [9.17, 15) is 0 Å². The third kappa shape index (κ3) is 4.48. The zero-order valence-electron chi connectivity index (χ0n) is 21.0. The molecule has 2 aliphatic rings. The zero-order valence-corrected chi connectivity index (χ0v) is 21.0. The first-order valence-electron chi connectivity index (χ1n) is 12.8. The number of anilines is 2. The van der Waals surface area contributed by atoms with Crippen LogP contribution in [0.1, 0.15) is 28.2 Å². The largest absolute Gasteiger partial charge is 0.383 e. The number of benzene rings is 4. The normalized spacial score (nSPS) is 18.3. The van der Waals surface area contributed by atoms with Gasteiger partial charge < -0.3 is 10.6 Å². The minimum Gasteiger partial charge on any atom is -0.383 e. The molecule has 2 unspecified atom stereocenters. The van der Waals surface area contributed by atoms with Gasteiger partial charge in [-0.1, -0.05) is 122 Å². The first-order chi connectivity index (χ1) is 18.7. The molecule has 0 saturated heterocycles. The molecule has 1 aliphatic heterocycles. The van der Waals surface area contributed by atoms with Crippen molar-refractivity contribution in [2.24, 2.45) is 15.7 Å². The van der Waals surface area contributed by atoms with Gasteiger partial charge in [-0.15, -0.1) is 0 Å². The van der Waals surface area contributed by atoms with Gasteiger partial charge in [0.15, 0.2) is 5.84 Å². The Morgan fingerprint density at radius 3 is 2.03 bits per heavy atom. The summed E-state index contributed by atoms with van der Waals surface area (Å²) in [6.07, 6.45) is 8.85. The maximum Gasteiger partial charge on any atom is 0.162 e. The summed E-state index contributed by atoms with van der Waals surface area (Å²) in [4.78, 5) is 11.9. The molecule has 184 valence electrons. The van der Waals surface area contributed by atoms with Crippen LogP contribution in [0.2, 0.25) is 0 Å². The summed E-state index contributed by atoms with van der Waals surface area (Å²) in [6, 6.07) is 36.9. The minimum absolute atomic E-state index is 0.268.